The summed E-state index contributed by atoms with van der Waals surface area (Å²) in [5.74, 6) is 1.44. The molecule has 0 saturated carbocycles. The first kappa shape index (κ1) is 15.6. The van der Waals surface area contributed by atoms with E-state index in [-0.39, 0.29) is 11.7 Å². The van der Waals surface area contributed by atoms with Crippen molar-refractivity contribution in [1.82, 2.24) is 10.1 Å². The van der Waals surface area contributed by atoms with Crippen LogP contribution in [0.2, 0.25) is 0 Å². The Bertz CT molecular complexity index is 725. The van der Waals surface area contributed by atoms with Gasteiger partial charge in [-0.3, -0.25) is 0 Å². The second kappa shape index (κ2) is 6.51. The lowest BCUT2D eigenvalue weighted by Gasteiger charge is -2.31. The van der Waals surface area contributed by atoms with E-state index in [1.807, 2.05) is 17.9 Å². The van der Waals surface area contributed by atoms with Crippen LogP contribution < -0.4 is 4.90 Å². The Morgan fingerprint density at radius 3 is 2.96 bits per heavy atom. The molecule has 0 bridgehead atoms. The van der Waals surface area contributed by atoms with E-state index in [0.717, 1.165) is 56.6 Å². The molecule has 2 aliphatic rings. The number of benzene rings is 1. The van der Waals surface area contributed by atoms with Crippen LogP contribution in [0.3, 0.4) is 0 Å². The molecule has 0 aliphatic carbocycles. The molecule has 1 aromatic heterocycles. The van der Waals surface area contributed by atoms with Gasteiger partial charge in [-0.2, -0.15) is 4.98 Å². The summed E-state index contributed by atoms with van der Waals surface area (Å²) in [5, 5.41) is 4.12. The second-order valence-electron chi connectivity index (χ2n) is 6.65. The van der Waals surface area contributed by atoms with Gasteiger partial charge in [0, 0.05) is 25.7 Å². The van der Waals surface area contributed by atoms with Crippen molar-refractivity contribution in [2.24, 2.45) is 0 Å². The van der Waals surface area contributed by atoms with Gasteiger partial charge in [0.2, 0.25) is 5.89 Å². The van der Waals surface area contributed by atoms with Crippen LogP contribution in [0.15, 0.2) is 16.7 Å². The predicted octanol–water partition coefficient (Wildman–Crippen LogP) is 3.36. The van der Waals surface area contributed by atoms with Gasteiger partial charge in [-0.1, -0.05) is 11.2 Å². The highest BCUT2D eigenvalue weighted by Gasteiger charge is 2.26. The van der Waals surface area contributed by atoms with Crippen molar-refractivity contribution < 1.29 is 13.7 Å². The largest absolute Gasteiger partial charge is 0.381 e. The van der Waals surface area contributed by atoms with Gasteiger partial charge in [-0.15, -0.1) is 0 Å². The molecule has 1 saturated heterocycles. The van der Waals surface area contributed by atoms with E-state index in [9.17, 15) is 4.39 Å². The zero-order chi connectivity index (χ0) is 16.5. The molecule has 1 fully saturated rings. The van der Waals surface area contributed by atoms with Crippen LogP contribution in [-0.2, 0) is 17.7 Å². The van der Waals surface area contributed by atoms with Crippen LogP contribution in [0.1, 0.15) is 48.0 Å². The lowest BCUT2D eigenvalue weighted by Crippen LogP contribution is -2.30. The Morgan fingerprint density at radius 2 is 2.12 bits per heavy atom. The molecule has 24 heavy (non-hydrogen) atoms. The summed E-state index contributed by atoms with van der Waals surface area (Å²) in [5.41, 5.74) is 2.96. The van der Waals surface area contributed by atoms with Crippen LogP contribution >= 0.6 is 0 Å². The fourth-order valence-electron chi connectivity index (χ4n) is 3.70. The third kappa shape index (κ3) is 2.90. The highest BCUT2D eigenvalue weighted by Crippen LogP contribution is 2.33. The van der Waals surface area contributed by atoms with Crippen molar-refractivity contribution in [3.05, 3.63) is 40.8 Å². The van der Waals surface area contributed by atoms with E-state index < -0.39 is 0 Å². The van der Waals surface area contributed by atoms with Gasteiger partial charge in [-0.25, -0.2) is 4.39 Å². The molecule has 3 heterocycles. The van der Waals surface area contributed by atoms with Crippen molar-refractivity contribution in [2.75, 3.05) is 24.7 Å². The third-order valence-electron chi connectivity index (χ3n) is 5.03. The van der Waals surface area contributed by atoms with Gasteiger partial charge in [-0.05, 0) is 49.8 Å². The molecule has 4 rings (SSSR count). The van der Waals surface area contributed by atoms with Crippen molar-refractivity contribution in [3.8, 4) is 0 Å². The first-order valence-corrected chi connectivity index (χ1v) is 8.65. The highest BCUT2D eigenvalue weighted by molar-refractivity contribution is 5.59. The SMILES string of the molecule is Cc1ccc(F)c2c1CCCN2Cc1noc(C2CCOCC2)n1. The third-order valence-corrected chi connectivity index (χ3v) is 5.03. The molecule has 0 amide bonds. The second-order valence-corrected chi connectivity index (χ2v) is 6.65. The summed E-state index contributed by atoms with van der Waals surface area (Å²) < 4.78 is 25.2. The molecular weight excluding hydrogens is 309 g/mol. The maximum absolute atomic E-state index is 14.4. The van der Waals surface area contributed by atoms with E-state index in [2.05, 4.69) is 10.1 Å². The number of ether oxygens (including phenoxy) is 1. The molecule has 2 aliphatic heterocycles. The van der Waals surface area contributed by atoms with E-state index in [1.54, 1.807) is 6.07 Å². The van der Waals surface area contributed by atoms with Gasteiger partial charge < -0.3 is 14.2 Å². The summed E-state index contributed by atoms with van der Waals surface area (Å²) in [6, 6.07) is 3.41. The normalized spacial score (nSPS) is 18.7. The Morgan fingerprint density at radius 1 is 1.29 bits per heavy atom. The molecule has 6 heteroatoms. The highest BCUT2D eigenvalue weighted by atomic mass is 19.1. The number of nitrogens with zero attached hydrogens (tertiary/aromatic N) is 3. The molecule has 0 N–H and O–H groups in total. The van der Waals surface area contributed by atoms with Crippen LogP contribution in [0.4, 0.5) is 10.1 Å². The van der Waals surface area contributed by atoms with Gasteiger partial charge in [0.15, 0.2) is 5.82 Å². The molecule has 0 atom stereocenters. The summed E-state index contributed by atoms with van der Waals surface area (Å²) >= 11 is 0. The Kier molecular flexibility index (Phi) is 4.22. The summed E-state index contributed by atoms with van der Waals surface area (Å²) in [6.07, 6.45) is 3.78. The summed E-state index contributed by atoms with van der Waals surface area (Å²) in [4.78, 5) is 6.60. The first-order valence-electron chi connectivity index (χ1n) is 8.65. The molecule has 0 radical (unpaired) electrons. The van der Waals surface area contributed by atoms with Crippen LogP contribution in [0.25, 0.3) is 0 Å². The first-order chi connectivity index (χ1) is 11.7. The number of anilines is 1. The Hall–Kier alpha value is -1.95. The van der Waals surface area contributed by atoms with Gasteiger partial charge >= 0.3 is 0 Å². The van der Waals surface area contributed by atoms with Crippen molar-refractivity contribution in [3.63, 3.8) is 0 Å². The number of halogens is 1. The smallest absolute Gasteiger partial charge is 0.229 e. The van der Waals surface area contributed by atoms with Gasteiger partial charge in [0.1, 0.15) is 5.82 Å². The maximum Gasteiger partial charge on any atom is 0.229 e. The quantitative estimate of drug-likeness (QED) is 0.863. The number of hydrogen-bond donors (Lipinski definition) is 0. The number of fused-ring (bicyclic) bond motifs is 1. The van der Waals surface area contributed by atoms with Crippen LogP contribution in [0, 0.1) is 12.7 Å². The van der Waals surface area contributed by atoms with Crippen LogP contribution in [-0.4, -0.2) is 29.9 Å². The van der Waals surface area contributed by atoms with Gasteiger partial charge in [0.25, 0.3) is 0 Å². The molecule has 128 valence electrons. The molecule has 2 aromatic rings. The molecular formula is C18H22FN3O2. The summed E-state index contributed by atoms with van der Waals surface area (Å²) in [7, 11) is 0. The zero-order valence-electron chi connectivity index (χ0n) is 13.9. The Labute approximate surface area is 140 Å². The minimum Gasteiger partial charge on any atom is -0.381 e. The minimum absolute atomic E-state index is 0.163. The lowest BCUT2D eigenvalue weighted by molar-refractivity contribution is 0.0778. The minimum atomic E-state index is -0.163. The predicted molar refractivity (Wildman–Crippen MR) is 87.6 cm³/mol. The number of rotatable bonds is 3. The van der Waals surface area contributed by atoms with E-state index >= 15 is 0 Å². The molecule has 5 nitrogen and oxygen atoms in total. The zero-order valence-corrected chi connectivity index (χ0v) is 13.9. The molecule has 0 spiro atoms. The van der Waals surface area contributed by atoms with E-state index in [4.69, 9.17) is 9.26 Å². The van der Waals surface area contributed by atoms with Crippen molar-refractivity contribution in [1.29, 1.82) is 0 Å². The average molecular weight is 331 g/mol. The number of aromatic nitrogens is 2. The lowest BCUT2D eigenvalue weighted by atomic mass is 9.96. The monoisotopic (exact) mass is 331 g/mol. The summed E-state index contributed by atoms with van der Waals surface area (Å²) in [6.45, 7) is 4.83. The fraction of sp³-hybridized carbons (Fsp3) is 0.556. The number of hydrogen-bond acceptors (Lipinski definition) is 5. The standard InChI is InChI=1S/C18H22FN3O2/c1-12-4-5-15(19)17-14(12)3-2-8-22(17)11-16-20-18(24-21-16)13-6-9-23-10-7-13/h4-5,13H,2-3,6-11H2,1H3. The molecule has 1 aromatic carbocycles. The van der Waals surface area contributed by atoms with E-state index in [1.165, 1.54) is 0 Å². The molecule has 0 unspecified atom stereocenters. The average Bonchev–Trinajstić information content (AvgIpc) is 3.08. The van der Waals surface area contributed by atoms with Crippen molar-refractivity contribution >= 4 is 5.69 Å². The van der Waals surface area contributed by atoms with Gasteiger partial charge in [0.05, 0.1) is 12.2 Å². The number of aryl methyl sites for hydroxylation is 1. The fourth-order valence-corrected chi connectivity index (χ4v) is 3.70. The topological polar surface area (TPSA) is 51.4 Å². The van der Waals surface area contributed by atoms with E-state index in [0.29, 0.717) is 23.9 Å². The maximum atomic E-state index is 14.4. The van der Waals surface area contributed by atoms with Crippen molar-refractivity contribution in [2.45, 2.75) is 45.1 Å². The Balaban J connectivity index is 1.55. The van der Waals surface area contributed by atoms with Crippen LogP contribution in [0.5, 0.6) is 0 Å².